The number of benzene rings is 2. The Morgan fingerprint density at radius 3 is 2.69 bits per heavy atom. The molecule has 0 unspecified atom stereocenters. The van der Waals surface area contributed by atoms with Gasteiger partial charge >= 0.3 is 0 Å². The molecular formula is C22H22ClN3O3. The molecule has 1 amide bonds. The fraction of sp³-hybridized carbons (Fsp3) is 0.318. The molecule has 3 aromatic rings. The maximum atomic E-state index is 12.6. The third-order valence-corrected chi connectivity index (χ3v) is 5.50. The molecule has 29 heavy (non-hydrogen) atoms. The van der Waals surface area contributed by atoms with Gasteiger partial charge in [-0.25, -0.2) is 0 Å². The summed E-state index contributed by atoms with van der Waals surface area (Å²) >= 11 is 5.90. The molecule has 150 valence electrons. The van der Waals surface area contributed by atoms with E-state index in [2.05, 4.69) is 10.1 Å². The minimum atomic E-state index is 0.0539. The minimum absolute atomic E-state index is 0.0539. The van der Waals surface area contributed by atoms with E-state index >= 15 is 0 Å². The number of amides is 1. The number of methoxy groups -OCH3 is 1. The average molecular weight is 412 g/mol. The number of hydrogen-bond donors (Lipinski definition) is 0. The molecule has 1 fully saturated rings. The summed E-state index contributed by atoms with van der Waals surface area (Å²) in [6, 6.07) is 14.6. The maximum absolute atomic E-state index is 12.6. The zero-order valence-corrected chi connectivity index (χ0v) is 16.9. The summed E-state index contributed by atoms with van der Waals surface area (Å²) in [6.45, 7) is 1.45. The first-order valence-electron chi connectivity index (χ1n) is 9.64. The van der Waals surface area contributed by atoms with Crippen molar-refractivity contribution in [2.75, 3.05) is 20.2 Å². The zero-order valence-electron chi connectivity index (χ0n) is 16.2. The standard InChI is InChI=1S/C22H22ClN3O3/c1-28-19-4-2-3-17(14-19)21-24-20(29-25-21)13-15-9-11-26(12-10-15)22(27)16-5-7-18(23)8-6-16/h2-8,14-15H,9-13H2,1H3. The molecule has 6 nitrogen and oxygen atoms in total. The highest BCUT2D eigenvalue weighted by atomic mass is 35.5. The highest BCUT2D eigenvalue weighted by molar-refractivity contribution is 6.30. The van der Waals surface area contributed by atoms with Gasteiger partial charge in [-0.15, -0.1) is 0 Å². The highest BCUT2D eigenvalue weighted by Gasteiger charge is 2.25. The van der Waals surface area contributed by atoms with Crippen molar-refractivity contribution in [3.8, 4) is 17.1 Å². The number of nitrogens with zero attached hydrogens (tertiary/aromatic N) is 3. The summed E-state index contributed by atoms with van der Waals surface area (Å²) in [5.41, 5.74) is 1.54. The van der Waals surface area contributed by atoms with Gasteiger partial charge in [-0.05, 0) is 55.2 Å². The number of hydrogen-bond acceptors (Lipinski definition) is 5. The fourth-order valence-corrected chi connectivity index (χ4v) is 3.71. The number of carbonyl (C=O) groups is 1. The molecular weight excluding hydrogens is 390 g/mol. The van der Waals surface area contributed by atoms with Gasteiger partial charge < -0.3 is 14.2 Å². The Morgan fingerprint density at radius 2 is 1.97 bits per heavy atom. The van der Waals surface area contributed by atoms with Crippen LogP contribution in [0.5, 0.6) is 5.75 Å². The normalized spacial score (nSPS) is 14.8. The number of rotatable bonds is 5. The van der Waals surface area contributed by atoms with Gasteiger partial charge in [0, 0.05) is 35.7 Å². The van der Waals surface area contributed by atoms with Crippen molar-refractivity contribution in [1.29, 1.82) is 0 Å². The van der Waals surface area contributed by atoms with E-state index in [1.165, 1.54) is 0 Å². The van der Waals surface area contributed by atoms with E-state index in [0.29, 0.717) is 28.2 Å². The molecule has 0 radical (unpaired) electrons. The topological polar surface area (TPSA) is 68.5 Å². The molecule has 4 rings (SSSR count). The van der Waals surface area contributed by atoms with Crippen molar-refractivity contribution in [2.24, 2.45) is 5.92 Å². The Hall–Kier alpha value is -2.86. The van der Waals surface area contributed by atoms with E-state index in [9.17, 15) is 4.79 Å². The molecule has 0 bridgehead atoms. The van der Waals surface area contributed by atoms with Crippen LogP contribution in [0, 0.1) is 5.92 Å². The van der Waals surface area contributed by atoms with Crippen LogP contribution in [0.2, 0.25) is 5.02 Å². The predicted octanol–water partition coefficient (Wildman–Crippen LogP) is 4.49. The minimum Gasteiger partial charge on any atom is -0.497 e. The van der Waals surface area contributed by atoms with Crippen LogP contribution in [0.4, 0.5) is 0 Å². The van der Waals surface area contributed by atoms with Gasteiger partial charge in [-0.1, -0.05) is 28.9 Å². The third-order valence-electron chi connectivity index (χ3n) is 5.25. The van der Waals surface area contributed by atoms with Crippen LogP contribution in [0.15, 0.2) is 53.1 Å². The van der Waals surface area contributed by atoms with E-state index in [1.54, 1.807) is 31.4 Å². The quantitative estimate of drug-likeness (QED) is 0.618. The van der Waals surface area contributed by atoms with Gasteiger partial charge in [0.2, 0.25) is 11.7 Å². The largest absolute Gasteiger partial charge is 0.497 e. The summed E-state index contributed by atoms with van der Waals surface area (Å²) in [6.07, 6.45) is 2.55. The lowest BCUT2D eigenvalue weighted by Crippen LogP contribution is -2.38. The van der Waals surface area contributed by atoms with Crippen molar-refractivity contribution in [2.45, 2.75) is 19.3 Å². The maximum Gasteiger partial charge on any atom is 0.253 e. The zero-order chi connectivity index (χ0) is 20.2. The van der Waals surface area contributed by atoms with Gasteiger partial charge in [-0.3, -0.25) is 4.79 Å². The lowest BCUT2D eigenvalue weighted by molar-refractivity contribution is 0.0687. The fourth-order valence-electron chi connectivity index (χ4n) is 3.58. The van der Waals surface area contributed by atoms with E-state index in [0.717, 1.165) is 43.7 Å². The molecule has 1 aromatic heterocycles. The Bertz CT molecular complexity index is 979. The Balaban J connectivity index is 1.33. The summed E-state index contributed by atoms with van der Waals surface area (Å²) in [5, 5.41) is 4.73. The van der Waals surface area contributed by atoms with Crippen LogP contribution in [-0.2, 0) is 6.42 Å². The molecule has 0 N–H and O–H groups in total. The van der Waals surface area contributed by atoms with Gasteiger partial charge in [0.05, 0.1) is 7.11 Å². The Morgan fingerprint density at radius 1 is 1.21 bits per heavy atom. The van der Waals surface area contributed by atoms with Gasteiger partial charge in [0.15, 0.2) is 0 Å². The second kappa shape index (κ2) is 8.66. The molecule has 1 aliphatic rings. The molecule has 0 atom stereocenters. The molecule has 0 aliphatic carbocycles. The first-order valence-corrected chi connectivity index (χ1v) is 10.0. The number of piperidine rings is 1. The summed E-state index contributed by atoms with van der Waals surface area (Å²) < 4.78 is 10.7. The van der Waals surface area contributed by atoms with E-state index in [-0.39, 0.29) is 5.91 Å². The first-order chi connectivity index (χ1) is 14.1. The lowest BCUT2D eigenvalue weighted by atomic mass is 9.93. The molecule has 0 spiro atoms. The highest BCUT2D eigenvalue weighted by Crippen LogP contribution is 2.25. The first kappa shape index (κ1) is 19.5. The molecule has 7 heteroatoms. The van der Waals surface area contributed by atoms with E-state index in [4.69, 9.17) is 20.9 Å². The monoisotopic (exact) mass is 411 g/mol. The smallest absolute Gasteiger partial charge is 0.253 e. The van der Waals surface area contributed by atoms with Crippen LogP contribution >= 0.6 is 11.6 Å². The van der Waals surface area contributed by atoms with Crippen molar-refractivity contribution >= 4 is 17.5 Å². The number of halogens is 1. The third kappa shape index (κ3) is 4.59. The molecule has 2 heterocycles. The van der Waals surface area contributed by atoms with Crippen molar-refractivity contribution in [1.82, 2.24) is 15.0 Å². The number of ether oxygens (including phenoxy) is 1. The molecule has 0 saturated carbocycles. The number of likely N-dealkylation sites (tertiary alicyclic amines) is 1. The Labute approximate surface area is 174 Å². The van der Waals surface area contributed by atoms with E-state index < -0.39 is 0 Å². The summed E-state index contributed by atoms with van der Waals surface area (Å²) in [4.78, 5) is 19.1. The van der Waals surface area contributed by atoms with Crippen molar-refractivity contribution < 1.29 is 14.1 Å². The van der Waals surface area contributed by atoms with Crippen LogP contribution in [0.1, 0.15) is 29.1 Å². The van der Waals surface area contributed by atoms with Gasteiger partial charge in [-0.2, -0.15) is 4.98 Å². The molecule has 2 aromatic carbocycles. The molecule has 1 saturated heterocycles. The van der Waals surface area contributed by atoms with Gasteiger partial charge in [0.25, 0.3) is 5.91 Å². The van der Waals surface area contributed by atoms with Crippen LogP contribution < -0.4 is 4.74 Å². The van der Waals surface area contributed by atoms with Crippen molar-refractivity contribution in [3.05, 3.63) is 65.0 Å². The van der Waals surface area contributed by atoms with Crippen molar-refractivity contribution in [3.63, 3.8) is 0 Å². The van der Waals surface area contributed by atoms with E-state index in [1.807, 2.05) is 29.2 Å². The molecule has 1 aliphatic heterocycles. The van der Waals surface area contributed by atoms with Crippen LogP contribution in [0.3, 0.4) is 0 Å². The summed E-state index contributed by atoms with van der Waals surface area (Å²) in [7, 11) is 1.63. The number of carbonyl (C=O) groups excluding carboxylic acids is 1. The lowest BCUT2D eigenvalue weighted by Gasteiger charge is -2.31. The summed E-state index contributed by atoms with van der Waals surface area (Å²) in [5.74, 6) is 2.42. The van der Waals surface area contributed by atoms with Gasteiger partial charge in [0.1, 0.15) is 5.75 Å². The number of aromatic nitrogens is 2. The SMILES string of the molecule is COc1cccc(-c2noc(CC3CCN(C(=O)c4ccc(Cl)cc4)CC3)n2)c1. The van der Waals surface area contributed by atoms with Crippen LogP contribution in [-0.4, -0.2) is 41.1 Å². The second-order valence-corrected chi connectivity index (χ2v) is 7.63. The van der Waals surface area contributed by atoms with Crippen LogP contribution in [0.25, 0.3) is 11.4 Å². The average Bonchev–Trinajstić information content (AvgIpc) is 3.23. The predicted molar refractivity (Wildman–Crippen MR) is 110 cm³/mol. The Kier molecular flexibility index (Phi) is 5.81. The second-order valence-electron chi connectivity index (χ2n) is 7.19.